The van der Waals surface area contributed by atoms with Crippen molar-refractivity contribution in [2.45, 2.75) is 13.0 Å². The average molecular weight is 286 g/mol. The second-order valence-corrected chi connectivity index (χ2v) is 4.75. The summed E-state index contributed by atoms with van der Waals surface area (Å²) in [6, 6.07) is 14.8. The van der Waals surface area contributed by atoms with E-state index in [1.54, 1.807) is 19.1 Å². The number of aliphatic hydroxyl groups excluding tert-OH is 1. The molecule has 0 aliphatic heterocycles. The van der Waals surface area contributed by atoms with Crippen LogP contribution in [0, 0.1) is 0 Å². The molecule has 0 aliphatic carbocycles. The molecule has 1 N–H and O–H groups in total. The number of hydrogen-bond acceptors (Lipinski definition) is 4. The summed E-state index contributed by atoms with van der Waals surface area (Å²) in [5.41, 5.74) is 2.55. The van der Waals surface area contributed by atoms with Crippen molar-refractivity contribution in [1.82, 2.24) is 0 Å². The molecule has 0 aliphatic rings. The Balaban J connectivity index is 2.09. The molecule has 110 valence electrons. The summed E-state index contributed by atoms with van der Waals surface area (Å²) in [5.74, 6) is 0.370. The highest BCUT2D eigenvalue weighted by atomic mass is 16.5. The van der Waals surface area contributed by atoms with Crippen molar-refractivity contribution in [3.8, 4) is 16.9 Å². The number of esters is 1. The molecular formula is C17H18O4. The highest BCUT2D eigenvalue weighted by molar-refractivity contribution is 5.89. The molecule has 2 aromatic rings. The van der Waals surface area contributed by atoms with Crippen LogP contribution in [0.25, 0.3) is 11.1 Å². The van der Waals surface area contributed by atoms with Gasteiger partial charge in [-0.2, -0.15) is 0 Å². The van der Waals surface area contributed by atoms with Crippen LogP contribution in [-0.4, -0.2) is 30.9 Å². The molecule has 1 atom stereocenters. The third kappa shape index (κ3) is 4.07. The van der Waals surface area contributed by atoms with Crippen LogP contribution in [0.15, 0.2) is 48.5 Å². The summed E-state index contributed by atoms with van der Waals surface area (Å²) < 4.78 is 10.1. The number of carbonyl (C=O) groups is 1. The molecule has 0 fully saturated rings. The smallest absolute Gasteiger partial charge is 0.337 e. The maximum atomic E-state index is 11.4. The molecule has 0 heterocycles. The van der Waals surface area contributed by atoms with E-state index in [2.05, 4.69) is 4.74 Å². The van der Waals surface area contributed by atoms with Gasteiger partial charge in [-0.25, -0.2) is 4.79 Å². The summed E-state index contributed by atoms with van der Waals surface area (Å²) in [4.78, 5) is 11.4. The molecule has 2 aromatic carbocycles. The van der Waals surface area contributed by atoms with Crippen LogP contribution < -0.4 is 4.74 Å². The van der Waals surface area contributed by atoms with Gasteiger partial charge in [-0.15, -0.1) is 0 Å². The molecule has 0 spiro atoms. The van der Waals surface area contributed by atoms with Crippen molar-refractivity contribution in [3.63, 3.8) is 0 Å². The van der Waals surface area contributed by atoms with Crippen molar-refractivity contribution in [1.29, 1.82) is 0 Å². The molecular weight excluding hydrogens is 268 g/mol. The van der Waals surface area contributed by atoms with Crippen LogP contribution in [0.2, 0.25) is 0 Å². The number of aliphatic hydroxyl groups is 1. The fourth-order valence-corrected chi connectivity index (χ4v) is 1.88. The third-order valence-electron chi connectivity index (χ3n) is 2.98. The van der Waals surface area contributed by atoms with E-state index in [4.69, 9.17) is 4.74 Å². The van der Waals surface area contributed by atoms with Gasteiger partial charge in [-0.05, 0) is 42.3 Å². The third-order valence-corrected chi connectivity index (χ3v) is 2.98. The Morgan fingerprint density at radius 3 is 2.05 bits per heavy atom. The minimum Gasteiger partial charge on any atom is -0.491 e. The van der Waals surface area contributed by atoms with E-state index in [0.29, 0.717) is 11.3 Å². The number of hydrogen-bond donors (Lipinski definition) is 1. The van der Waals surface area contributed by atoms with Gasteiger partial charge in [0.2, 0.25) is 0 Å². The number of rotatable bonds is 5. The Bertz CT molecular complexity index is 585. The Morgan fingerprint density at radius 1 is 1.05 bits per heavy atom. The molecule has 4 heteroatoms. The lowest BCUT2D eigenvalue weighted by Crippen LogP contribution is -2.12. The summed E-state index contributed by atoms with van der Waals surface area (Å²) in [5, 5.41) is 9.17. The van der Waals surface area contributed by atoms with Crippen molar-refractivity contribution >= 4 is 5.97 Å². The molecule has 21 heavy (non-hydrogen) atoms. The van der Waals surface area contributed by atoms with E-state index in [-0.39, 0.29) is 12.6 Å². The van der Waals surface area contributed by atoms with E-state index in [9.17, 15) is 9.90 Å². The van der Waals surface area contributed by atoms with E-state index in [1.165, 1.54) is 7.11 Å². The van der Waals surface area contributed by atoms with Gasteiger partial charge in [0.15, 0.2) is 0 Å². The van der Waals surface area contributed by atoms with Crippen LogP contribution in [0.3, 0.4) is 0 Å². The first-order valence-electron chi connectivity index (χ1n) is 6.70. The Hall–Kier alpha value is -2.33. The number of carbonyl (C=O) groups excluding carboxylic acids is 1. The normalized spacial score (nSPS) is 11.8. The van der Waals surface area contributed by atoms with E-state index < -0.39 is 6.10 Å². The maximum absolute atomic E-state index is 11.4. The maximum Gasteiger partial charge on any atom is 0.337 e. The highest BCUT2D eigenvalue weighted by Gasteiger charge is 2.05. The zero-order valence-corrected chi connectivity index (χ0v) is 12.1. The summed E-state index contributed by atoms with van der Waals surface area (Å²) >= 11 is 0. The topological polar surface area (TPSA) is 55.8 Å². The first-order chi connectivity index (χ1) is 10.1. The van der Waals surface area contributed by atoms with E-state index >= 15 is 0 Å². The van der Waals surface area contributed by atoms with Crippen LogP contribution in [0.1, 0.15) is 17.3 Å². The largest absolute Gasteiger partial charge is 0.491 e. The van der Waals surface area contributed by atoms with Crippen LogP contribution in [-0.2, 0) is 4.74 Å². The second kappa shape index (κ2) is 6.90. The lowest BCUT2D eigenvalue weighted by Gasteiger charge is -2.09. The van der Waals surface area contributed by atoms with Crippen LogP contribution >= 0.6 is 0 Å². The predicted octanol–water partition coefficient (Wildman–Crippen LogP) is 2.90. The molecule has 0 saturated carbocycles. The van der Waals surface area contributed by atoms with E-state index in [0.717, 1.165) is 11.1 Å². The molecule has 2 rings (SSSR count). The first kappa shape index (κ1) is 15.1. The predicted molar refractivity (Wildman–Crippen MR) is 80.4 cm³/mol. The van der Waals surface area contributed by atoms with Crippen molar-refractivity contribution in [2.24, 2.45) is 0 Å². The van der Waals surface area contributed by atoms with Gasteiger partial charge in [0.25, 0.3) is 0 Å². The van der Waals surface area contributed by atoms with Crippen molar-refractivity contribution in [2.75, 3.05) is 13.7 Å². The summed E-state index contributed by atoms with van der Waals surface area (Å²) in [6.07, 6.45) is -0.490. The zero-order valence-electron chi connectivity index (χ0n) is 12.1. The van der Waals surface area contributed by atoms with Gasteiger partial charge in [0.05, 0.1) is 18.8 Å². The van der Waals surface area contributed by atoms with Gasteiger partial charge < -0.3 is 14.6 Å². The molecule has 0 saturated heterocycles. The molecule has 0 radical (unpaired) electrons. The van der Waals surface area contributed by atoms with Crippen LogP contribution in [0.5, 0.6) is 5.75 Å². The Kier molecular flexibility index (Phi) is 4.95. The molecule has 4 nitrogen and oxygen atoms in total. The summed E-state index contributed by atoms with van der Waals surface area (Å²) in [6.45, 7) is 1.95. The Labute approximate surface area is 123 Å². The fraction of sp³-hybridized carbons (Fsp3) is 0.235. The minimum atomic E-state index is -0.490. The van der Waals surface area contributed by atoms with Crippen molar-refractivity contribution < 1.29 is 19.4 Å². The molecule has 0 amide bonds. The monoisotopic (exact) mass is 286 g/mol. The van der Waals surface area contributed by atoms with Gasteiger partial charge in [0.1, 0.15) is 12.4 Å². The van der Waals surface area contributed by atoms with Gasteiger partial charge in [0, 0.05) is 0 Å². The quantitative estimate of drug-likeness (QED) is 0.859. The van der Waals surface area contributed by atoms with Gasteiger partial charge in [-0.3, -0.25) is 0 Å². The van der Waals surface area contributed by atoms with Crippen LogP contribution in [0.4, 0.5) is 0 Å². The number of methoxy groups -OCH3 is 1. The fourth-order valence-electron chi connectivity index (χ4n) is 1.88. The average Bonchev–Trinajstić information content (AvgIpc) is 2.53. The lowest BCUT2D eigenvalue weighted by molar-refractivity contribution is 0.0600. The number of ether oxygens (including phenoxy) is 2. The Morgan fingerprint density at radius 2 is 1.57 bits per heavy atom. The molecule has 0 aromatic heterocycles. The second-order valence-electron chi connectivity index (χ2n) is 4.75. The number of benzene rings is 2. The highest BCUT2D eigenvalue weighted by Crippen LogP contribution is 2.23. The van der Waals surface area contributed by atoms with Gasteiger partial charge in [-0.1, -0.05) is 24.3 Å². The van der Waals surface area contributed by atoms with Gasteiger partial charge >= 0.3 is 5.97 Å². The summed E-state index contributed by atoms with van der Waals surface area (Å²) in [7, 11) is 1.36. The zero-order chi connectivity index (χ0) is 15.2. The molecule has 1 unspecified atom stereocenters. The van der Waals surface area contributed by atoms with E-state index in [1.807, 2.05) is 36.4 Å². The van der Waals surface area contributed by atoms with Crippen molar-refractivity contribution in [3.05, 3.63) is 54.1 Å². The standard InChI is InChI=1S/C17H18O4/c1-12(18)11-21-16-9-7-14(8-10-16)13-3-5-15(6-4-13)17(19)20-2/h3-10,12,18H,11H2,1-2H3. The first-order valence-corrected chi connectivity index (χ1v) is 6.70. The molecule has 0 bridgehead atoms. The lowest BCUT2D eigenvalue weighted by atomic mass is 10.0. The SMILES string of the molecule is COC(=O)c1ccc(-c2ccc(OCC(C)O)cc2)cc1. The minimum absolute atomic E-state index is 0.271.